The second-order valence-corrected chi connectivity index (χ2v) is 6.18. The lowest BCUT2D eigenvalue weighted by Gasteiger charge is -2.28. The quantitative estimate of drug-likeness (QED) is 0.440. The molecule has 0 aliphatic heterocycles. The van der Waals surface area contributed by atoms with Crippen molar-refractivity contribution in [1.82, 2.24) is 5.32 Å². The van der Waals surface area contributed by atoms with Crippen molar-refractivity contribution in [2.24, 2.45) is 17.8 Å². The van der Waals surface area contributed by atoms with E-state index in [2.05, 4.69) is 19.2 Å². The molecule has 0 saturated heterocycles. The van der Waals surface area contributed by atoms with Gasteiger partial charge in [-0.25, -0.2) is 4.79 Å². The van der Waals surface area contributed by atoms with Gasteiger partial charge in [-0.3, -0.25) is 9.59 Å². The minimum atomic E-state index is -0.980. The van der Waals surface area contributed by atoms with Gasteiger partial charge < -0.3 is 19.9 Å². The molecule has 7 nitrogen and oxygen atoms in total. The lowest BCUT2D eigenvalue weighted by Crippen LogP contribution is -2.37. The summed E-state index contributed by atoms with van der Waals surface area (Å²) in [5.74, 6) is -1.03. The first kappa shape index (κ1) is 22.2. The molecule has 0 aliphatic rings. The van der Waals surface area contributed by atoms with E-state index in [1.165, 1.54) is 6.92 Å². The SMILES string of the molecule is CCC[C@@H](C)[C@@H](C)[C@H](CNC(=O)O[C@H](C)OC(=O)CC)CC(=O)O. The molecule has 140 valence electrons. The zero-order valence-electron chi connectivity index (χ0n) is 15.3. The molecule has 0 heterocycles. The summed E-state index contributed by atoms with van der Waals surface area (Å²) < 4.78 is 9.77. The molecular weight excluding hydrogens is 314 g/mol. The van der Waals surface area contributed by atoms with Crippen molar-refractivity contribution in [3.05, 3.63) is 0 Å². The van der Waals surface area contributed by atoms with Gasteiger partial charge in [0.05, 0.1) is 6.42 Å². The van der Waals surface area contributed by atoms with Gasteiger partial charge in [0, 0.05) is 19.9 Å². The molecule has 0 fully saturated rings. The maximum atomic E-state index is 11.8. The highest BCUT2D eigenvalue weighted by Gasteiger charge is 2.25. The van der Waals surface area contributed by atoms with E-state index in [9.17, 15) is 14.4 Å². The molecule has 0 aliphatic carbocycles. The van der Waals surface area contributed by atoms with E-state index >= 15 is 0 Å². The Kier molecular flexibility index (Phi) is 10.8. The fourth-order valence-corrected chi connectivity index (χ4v) is 2.55. The number of carboxylic acid groups (broad SMARTS) is 1. The van der Waals surface area contributed by atoms with Crippen molar-refractivity contribution < 1.29 is 29.0 Å². The molecule has 0 aromatic heterocycles. The second-order valence-electron chi connectivity index (χ2n) is 6.18. The third-order valence-corrected chi connectivity index (χ3v) is 4.19. The highest BCUT2D eigenvalue weighted by molar-refractivity contribution is 5.70. The van der Waals surface area contributed by atoms with Crippen molar-refractivity contribution >= 4 is 18.0 Å². The van der Waals surface area contributed by atoms with Crippen LogP contribution in [-0.4, -0.2) is 36.0 Å². The highest BCUT2D eigenvalue weighted by atomic mass is 16.7. The number of aliphatic carboxylic acids is 1. The van der Waals surface area contributed by atoms with Gasteiger partial charge in [0.25, 0.3) is 0 Å². The minimum absolute atomic E-state index is 0.0180. The van der Waals surface area contributed by atoms with E-state index in [4.69, 9.17) is 14.6 Å². The molecule has 24 heavy (non-hydrogen) atoms. The zero-order valence-corrected chi connectivity index (χ0v) is 15.3. The summed E-state index contributed by atoms with van der Waals surface area (Å²) in [6, 6.07) is 0. The number of carbonyl (C=O) groups excluding carboxylic acids is 2. The van der Waals surface area contributed by atoms with Gasteiger partial charge in [-0.2, -0.15) is 0 Å². The van der Waals surface area contributed by atoms with Crippen molar-refractivity contribution in [3.8, 4) is 0 Å². The van der Waals surface area contributed by atoms with Gasteiger partial charge in [-0.1, -0.05) is 40.5 Å². The summed E-state index contributed by atoms with van der Waals surface area (Å²) in [7, 11) is 0. The van der Waals surface area contributed by atoms with Gasteiger partial charge in [0.1, 0.15) is 0 Å². The van der Waals surface area contributed by atoms with Gasteiger partial charge in [0.2, 0.25) is 6.29 Å². The zero-order chi connectivity index (χ0) is 18.7. The molecule has 7 heteroatoms. The Morgan fingerprint density at radius 3 is 2.21 bits per heavy atom. The van der Waals surface area contributed by atoms with Gasteiger partial charge in [-0.05, 0) is 17.8 Å². The van der Waals surface area contributed by atoms with E-state index in [1.807, 2.05) is 6.92 Å². The second kappa shape index (κ2) is 11.7. The first-order valence-electron chi connectivity index (χ1n) is 8.56. The van der Waals surface area contributed by atoms with Crippen LogP contribution in [0.4, 0.5) is 4.79 Å². The number of amides is 1. The highest BCUT2D eigenvalue weighted by Crippen LogP contribution is 2.26. The predicted molar refractivity (Wildman–Crippen MR) is 89.3 cm³/mol. The summed E-state index contributed by atoms with van der Waals surface area (Å²) in [6.45, 7) is 9.48. The number of carbonyl (C=O) groups is 3. The molecule has 0 bridgehead atoms. The van der Waals surface area contributed by atoms with Crippen LogP contribution >= 0.6 is 0 Å². The first-order valence-corrected chi connectivity index (χ1v) is 8.56. The van der Waals surface area contributed by atoms with Crippen LogP contribution in [0.3, 0.4) is 0 Å². The van der Waals surface area contributed by atoms with Crippen LogP contribution in [0, 0.1) is 17.8 Å². The minimum Gasteiger partial charge on any atom is -0.481 e. The fourth-order valence-electron chi connectivity index (χ4n) is 2.55. The molecule has 2 N–H and O–H groups in total. The van der Waals surface area contributed by atoms with Gasteiger partial charge in [0.15, 0.2) is 0 Å². The maximum Gasteiger partial charge on any atom is 0.410 e. The molecule has 0 aromatic carbocycles. The van der Waals surface area contributed by atoms with Gasteiger partial charge >= 0.3 is 18.0 Å². The molecular formula is C17H31NO6. The summed E-state index contributed by atoms with van der Waals surface area (Å²) in [6.07, 6.45) is 0.509. The number of alkyl carbamates (subject to hydrolysis) is 1. The lowest BCUT2D eigenvalue weighted by atomic mass is 9.80. The topological polar surface area (TPSA) is 102 Å². The van der Waals surface area contributed by atoms with Crippen LogP contribution < -0.4 is 5.32 Å². The summed E-state index contributed by atoms with van der Waals surface area (Å²) >= 11 is 0. The predicted octanol–water partition coefficient (Wildman–Crippen LogP) is 3.18. The molecule has 1 amide bonds. The van der Waals surface area contributed by atoms with E-state index < -0.39 is 24.3 Å². The largest absolute Gasteiger partial charge is 0.481 e. The third-order valence-electron chi connectivity index (χ3n) is 4.19. The molecule has 0 spiro atoms. The average molecular weight is 345 g/mol. The number of hydrogen-bond acceptors (Lipinski definition) is 5. The van der Waals surface area contributed by atoms with Crippen LogP contribution in [0.25, 0.3) is 0 Å². The summed E-state index contributed by atoms with van der Waals surface area (Å²) in [5, 5.41) is 11.7. The molecule has 0 radical (unpaired) electrons. The monoisotopic (exact) mass is 345 g/mol. The van der Waals surface area contributed by atoms with E-state index in [0.29, 0.717) is 5.92 Å². The molecule has 4 atom stereocenters. The third kappa shape index (κ3) is 9.37. The van der Waals surface area contributed by atoms with Crippen LogP contribution in [0.1, 0.15) is 60.3 Å². The van der Waals surface area contributed by atoms with Crippen molar-refractivity contribution in [2.75, 3.05) is 6.54 Å². The molecule has 0 rings (SSSR count). The lowest BCUT2D eigenvalue weighted by molar-refractivity contribution is -0.164. The Morgan fingerprint density at radius 2 is 1.71 bits per heavy atom. The average Bonchev–Trinajstić information content (AvgIpc) is 2.50. The molecule has 0 saturated carbocycles. The van der Waals surface area contributed by atoms with Crippen molar-refractivity contribution in [2.45, 2.75) is 66.6 Å². The van der Waals surface area contributed by atoms with Crippen LogP contribution in [0.2, 0.25) is 0 Å². The normalized spacial score (nSPS) is 15.7. The Hall–Kier alpha value is -1.79. The van der Waals surface area contributed by atoms with Crippen LogP contribution in [-0.2, 0) is 19.1 Å². The Morgan fingerprint density at radius 1 is 1.08 bits per heavy atom. The van der Waals surface area contributed by atoms with E-state index in [1.54, 1.807) is 6.92 Å². The Balaban J connectivity index is 4.51. The summed E-state index contributed by atoms with van der Waals surface area (Å²) in [4.78, 5) is 33.9. The Bertz CT molecular complexity index is 412. The number of nitrogens with one attached hydrogen (secondary N) is 1. The van der Waals surface area contributed by atoms with E-state index in [-0.39, 0.29) is 31.2 Å². The fraction of sp³-hybridized carbons (Fsp3) is 0.824. The molecule has 0 unspecified atom stereocenters. The smallest absolute Gasteiger partial charge is 0.410 e. The van der Waals surface area contributed by atoms with Crippen LogP contribution in [0.5, 0.6) is 0 Å². The number of carboxylic acids is 1. The van der Waals surface area contributed by atoms with Crippen LogP contribution in [0.15, 0.2) is 0 Å². The number of hydrogen-bond donors (Lipinski definition) is 2. The van der Waals surface area contributed by atoms with Crippen molar-refractivity contribution in [3.63, 3.8) is 0 Å². The van der Waals surface area contributed by atoms with Gasteiger partial charge in [-0.15, -0.1) is 0 Å². The number of ether oxygens (including phenoxy) is 2. The maximum absolute atomic E-state index is 11.8. The number of esters is 1. The van der Waals surface area contributed by atoms with Crippen molar-refractivity contribution in [1.29, 1.82) is 0 Å². The Labute approximate surface area is 144 Å². The summed E-state index contributed by atoms with van der Waals surface area (Å²) in [5.41, 5.74) is 0. The first-order chi connectivity index (χ1) is 11.2. The number of rotatable bonds is 11. The standard InChI is InChI=1S/C17H31NO6/c1-6-8-11(3)12(4)14(9-15(19)20)10-18-17(22)24-13(5)23-16(21)7-2/h11-14H,6-10H2,1-5H3,(H,18,22)(H,19,20)/t11-,12-,13-,14+/m1/s1. The molecule has 0 aromatic rings. The van der Waals surface area contributed by atoms with E-state index in [0.717, 1.165) is 12.8 Å².